The van der Waals surface area contributed by atoms with Crippen molar-refractivity contribution in [2.45, 2.75) is 26.3 Å². The minimum Gasteiger partial charge on any atom is -0.482 e. The molecule has 0 saturated carbocycles. The van der Waals surface area contributed by atoms with Crippen molar-refractivity contribution in [2.24, 2.45) is 5.92 Å². The number of hydrogen-bond acceptors (Lipinski definition) is 6. The third-order valence-electron chi connectivity index (χ3n) is 4.08. The van der Waals surface area contributed by atoms with Crippen LogP contribution < -0.4 is 4.74 Å². The number of carbonyl (C=O) groups is 3. The quantitative estimate of drug-likeness (QED) is 0.499. The molecule has 2 rings (SSSR count). The molecule has 0 aromatic heterocycles. The predicted molar refractivity (Wildman–Crippen MR) is 105 cm³/mol. The summed E-state index contributed by atoms with van der Waals surface area (Å²) in [6.45, 7) is 3.20. The summed E-state index contributed by atoms with van der Waals surface area (Å²) in [5.74, 6) is -2.43. The van der Waals surface area contributed by atoms with Gasteiger partial charge in [0, 0.05) is 0 Å². The lowest BCUT2D eigenvalue weighted by molar-refractivity contribution is -0.147. The highest BCUT2D eigenvalue weighted by molar-refractivity contribution is 8.26. The lowest BCUT2D eigenvalue weighted by atomic mass is 9.98. The van der Waals surface area contributed by atoms with Crippen molar-refractivity contribution < 1.29 is 29.3 Å². The molecule has 2 unspecified atom stereocenters. The molecule has 1 fully saturated rings. The second-order valence-corrected chi connectivity index (χ2v) is 7.65. The van der Waals surface area contributed by atoms with Gasteiger partial charge in [-0.05, 0) is 29.7 Å². The maximum Gasteiger partial charge on any atom is 0.341 e. The average molecular weight is 409 g/mol. The summed E-state index contributed by atoms with van der Waals surface area (Å²) in [5.41, 5.74) is 0.689. The summed E-state index contributed by atoms with van der Waals surface area (Å²) in [4.78, 5) is 36.4. The molecule has 1 heterocycles. The number of hydrogen-bond donors (Lipinski definition) is 2. The van der Waals surface area contributed by atoms with Crippen molar-refractivity contribution in [2.75, 3.05) is 6.61 Å². The summed E-state index contributed by atoms with van der Waals surface area (Å²) in [6.07, 6.45) is 2.22. The number of amides is 1. The largest absolute Gasteiger partial charge is 0.482 e. The molecule has 1 saturated heterocycles. The van der Waals surface area contributed by atoms with Crippen molar-refractivity contribution in [3.05, 3.63) is 34.7 Å². The fraction of sp³-hybridized carbons (Fsp3) is 0.333. The fourth-order valence-electron chi connectivity index (χ4n) is 2.51. The first kappa shape index (κ1) is 20.9. The molecule has 7 nitrogen and oxygen atoms in total. The Hall–Kier alpha value is -2.39. The van der Waals surface area contributed by atoms with Gasteiger partial charge < -0.3 is 14.9 Å². The predicted octanol–water partition coefficient (Wildman–Crippen LogP) is 2.85. The second-order valence-electron chi connectivity index (χ2n) is 5.97. The van der Waals surface area contributed by atoms with E-state index in [9.17, 15) is 19.5 Å². The van der Waals surface area contributed by atoms with Crippen molar-refractivity contribution in [1.82, 2.24) is 4.90 Å². The second kappa shape index (κ2) is 9.01. The molecular weight excluding hydrogens is 390 g/mol. The van der Waals surface area contributed by atoms with Crippen LogP contribution in [0.3, 0.4) is 0 Å². The average Bonchev–Trinajstić information content (AvgIpc) is 2.88. The minimum absolute atomic E-state index is 0.223. The van der Waals surface area contributed by atoms with E-state index in [4.69, 9.17) is 22.1 Å². The van der Waals surface area contributed by atoms with Crippen LogP contribution in [-0.2, 0) is 14.4 Å². The van der Waals surface area contributed by atoms with Gasteiger partial charge in [0.05, 0.1) is 4.91 Å². The van der Waals surface area contributed by atoms with Gasteiger partial charge >= 0.3 is 11.9 Å². The lowest BCUT2D eigenvalue weighted by Gasteiger charge is -2.27. The molecule has 0 bridgehead atoms. The summed E-state index contributed by atoms with van der Waals surface area (Å²) in [6, 6.07) is 5.53. The van der Waals surface area contributed by atoms with Crippen LogP contribution in [0.4, 0.5) is 0 Å². The molecule has 27 heavy (non-hydrogen) atoms. The molecule has 0 aliphatic carbocycles. The number of nitrogens with zero attached hydrogens (tertiary/aromatic N) is 1. The number of thiocarbonyl (C=S) groups is 1. The Bertz CT molecular complexity index is 790. The number of thioether (sulfide) groups is 1. The molecule has 1 aliphatic heterocycles. The van der Waals surface area contributed by atoms with Crippen LogP contribution in [0.1, 0.15) is 25.8 Å². The van der Waals surface area contributed by atoms with Gasteiger partial charge in [0.2, 0.25) is 0 Å². The van der Waals surface area contributed by atoms with E-state index in [0.717, 1.165) is 11.8 Å². The topological polar surface area (TPSA) is 104 Å². The van der Waals surface area contributed by atoms with Crippen molar-refractivity contribution in [1.29, 1.82) is 0 Å². The third-order valence-corrected chi connectivity index (χ3v) is 5.41. The molecule has 0 radical (unpaired) electrons. The van der Waals surface area contributed by atoms with Gasteiger partial charge in [0.25, 0.3) is 5.91 Å². The first-order valence-electron chi connectivity index (χ1n) is 8.19. The van der Waals surface area contributed by atoms with E-state index in [1.807, 2.05) is 6.92 Å². The number of carboxylic acid groups (broad SMARTS) is 2. The smallest absolute Gasteiger partial charge is 0.341 e. The van der Waals surface area contributed by atoms with Gasteiger partial charge in [-0.15, -0.1) is 0 Å². The molecular formula is C18H19NO6S2. The van der Waals surface area contributed by atoms with Crippen LogP contribution in [0.25, 0.3) is 6.08 Å². The zero-order chi connectivity index (χ0) is 20.1. The van der Waals surface area contributed by atoms with E-state index in [0.29, 0.717) is 22.6 Å². The number of carboxylic acids is 2. The molecule has 2 atom stereocenters. The van der Waals surface area contributed by atoms with Crippen LogP contribution in [0.2, 0.25) is 0 Å². The van der Waals surface area contributed by atoms with E-state index in [2.05, 4.69) is 0 Å². The minimum atomic E-state index is -1.08. The Balaban J connectivity index is 2.20. The van der Waals surface area contributed by atoms with E-state index in [-0.39, 0.29) is 10.2 Å². The van der Waals surface area contributed by atoms with Gasteiger partial charge in [0.1, 0.15) is 16.1 Å². The van der Waals surface area contributed by atoms with Crippen molar-refractivity contribution >= 4 is 52.2 Å². The first-order valence-corrected chi connectivity index (χ1v) is 9.41. The third kappa shape index (κ3) is 5.08. The van der Waals surface area contributed by atoms with Gasteiger partial charge in [-0.3, -0.25) is 9.69 Å². The highest BCUT2D eigenvalue weighted by Gasteiger charge is 2.42. The van der Waals surface area contributed by atoms with Gasteiger partial charge in [-0.1, -0.05) is 56.4 Å². The fourth-order valence-corrected chi connectivity index (χ4v) is 3.84. The number of carbonyl (C=O) groups excluding carboxylic acids is 1. The van der Waals surface area contributed by atoms with Gasteiger partial charge in [0.15, 0.2) is 6.61 Å². The maximum absolute atomic E-state index is 12.7. The number of ether oxygens (including phenoxy) is 1. The Morgan fingerprint density at radius 1 is 1.30 bits per heavy atom. The Kier molecular flexibility index (Phi) is 6.98. The molecule has 1 aromatic rings. The summed E-state index contributed by atoms with van der Waals surface area (Å²) < 4.78 is 5.28. The van der Waals surface area contributed by atoms with Crippen LogP contribution in [-0.4, -0.2) is 49.9 Å². The highest BCUT2D eigenvalue weighted by atomic mass is 32.2. The zero-order valence-electron chi connectivity index (χ0n) is 14.7. The first-order chi connectivity index (χ1) is 12.7. The molecule has 0 spiro atoms. The monoisotopic (exact) mass is 409 g/mol. The van der Waals surface area contributed by atoms with E-state index in [1.165, 1.54) is 4.90 Å². The normalized spacial score (nSPS) is 17.9. The van der Waals surface area contributed by atoms with Gasteiger partial charge in [-0.25, -0.2) is 9.59 Å². The van der Waals surface area contributed by atoms with Gasteiger partial charge in [-0.2, -0.15) is 0 Å². The Morgan fingerprint density at radius 3 is 2.44 bits per heavy atom. The van der Waals surface area contributed by atoms with Crippen molar-refractivity contribution in [3.8, 4) is 5.75 Å². The molecule has 1 aliphatic rings. The standard InChI is InChI=1S/C18H19NO6S2/c1-3-10(2)15(17(23)24)19-16(22)13(27-18(19)26)8-11-4-6-12(7-5-11)25-9-14(20)21/h4-8,10,15H,3,9H2,1-2H3,(H,20,21)(H,23,24)/b13-8-. The van der Waals surface area contributed by atoms with Crippen LogP contribution in [0.15, 0.2) is 29.2 Å². The molecule has 1 aromatic carbocycles. The van der Waals surface area contributed by atoms with E-state index >= 15 is 0 Å². The van der Waals surface area contributed by atoms with Crippen LogP contribution in [0.5, 0.6) is 5.75 Å². The SMILES string of the molecule is CCC(C)C(C(=O)O)N1C(=O)/C(=C/c2ccc(OCC(=O)O)cc2)SC1=S. The lowest BCUT2D eigenvalue weighted by Crippen LogP contribution is -2.47. The zero-order valence-corrected chi connectivity index (χ0v) is 16.4. The number of benzene rings is 1. The summed E-state index contributed by atoms with van der Waals surface area (Å²) in [5, 5.41) is 18.1. The Labute approximate surface area is 166 Å². The summed E-state index contributed by atoms with van der Waals surface area (Å²) >= 11 is 6.31. The van der Waals surface area contributed by atoms with Crippen molar-refractivity contribution in [3.63, 3.8) is 0 Å². The number of aliphatic carboxylic acids is 2. The highest BCUT2D eigenvalue weighted by Crippen LogP contribution is 2.36. The Morgan fingerprint density at radius 2 is 1.93 bits per heavy atom. The molecule has 144 valence electrons. The van der Waals surface area contributed by atoms with Crippen LogP contribution in [0, 0.1) is 5.92 Å². The van der Waals surface area contributed by atoms with E-state index < -0.39 is 30.5 Å². The molecule has 9 heteroatoms. The van der Waals surface area contributed by atoms with E-state index in [1.54, 1.807) is 37.3 Å². The van der Waals surface area contributed by atoms with Crippen LogP contribution >= 0.6 is 24.0 Å². The molecule has 2 N–H and O–H groups in total. The number of rotatable bonds is 8. The maximum atomic E-state index is 12.7. The molecule has 1 amide bonds. The summed E-state index contributed by atoms with van der Waals surface area (Å²) in [7, 11) is 0.